The van der Waals surface area contributed by atoms with Crippen molar-refractivity contribution in [3.8, 4) is 0 Å². The molecule has 19 heavy (non-hydrogen) atoms. The first kappa shape index (κ1) is 14.1. The molecule has 0 bridgehead atoms. The number of nitrogens with zero attached hydrogens (tertiary/aromatic N) is 1. The largest absolute Gasteiger partial charge is 0.416 e. The quantitative estimate of drug-likeness (QED) is 0.886. The molecule has 3 nitrogen and oxygen atoms in total. The molecule has 1 saturated heterocycles. The van der Waals surface area contributed by atoms with Crippen LogP contribution in [0.1, 0.15) is 17.5 Å². The number of anilines is 1. The lowest BCUT2D eigenvalue weighted by atomic mass is 10.1. The van der Waals surface area contributed by atoms with Crippen LogP contribution in [0.4, 0.5) is 18.9 Å². The molecule has 1 atom stereocenters. The van der Waals surface area contributed by atoms with Gasteiger partial charge in [0, 0.05) is 37.8 Å². The topological polar surface area (TPSA) is 49.5 Å². The number of aliphatic hydroxyl groups excluding tert-OH is 1. The van der Waals surface area contributed by atoms with Gasteiger partial charge in [0.1, 0.15) is 0 Å². The number of halogens is 3. The SMILES string of the molecule is NCc1cc(C(F)(F)F)ccc1N1CCC(CO)C1. The first-order valence-electron chi connectivity index (χ1n) is 6.21. The molecule has 1 fully saturated rings. The molecule has 2 rings (SSSR count). The van der Waals surface area contributed by atoms with Crippen LogP contribution in [0.25, 0.3) is 0 Å². The summed E-state index contributed by atoms with van der Waals surface area (Å²) in [5, 5.41) is 9.11. The highest BCUT2D eigenvalue weighted by atomic mass is 19.4. The van der Waals surface area contributed by atoms with E-state index in [9.17, 15) is 13.2 Å². The van der Waals surface area contributed by atoms with Crippen LogP contribution < -0.4 is 10.6 Å². The lowest BCUT2D eigenvalue weighted by Crippen LogP contribution is -2.23. The Kier molecular flexibility index (Phi) is 4.01. The summed E-state index contributed by atoms with van der Waals surface area (Å²) in [5.74, 6) is 0.188. The predicted octanol–water partition coefficient (Wildman–Crippen LogP) is 1.98. The Balaban J connectivity index is 2.27. The van der Waals surface area contributed by atoms with E-state index in [0.29, 0.717) is 12.1 Å². The summed E-state index contributed by atoms with van der Waals surface area (Å²) >= 11 is 0. The van der Waals surface area contributed by atoms with Crippen molar-refractivity contribution in [3.05, 3.63) is 29.3 Å². The monoisotopic (exact) mass is 274 g/mol. The number of hydrogen-bond donors (Lipinski definition) is 2. The molecular formula is C13H17F3N2O. The Labute approximate surface area is 109 Å². The average Bonchev–Trinajstić information content (AvgIpc) is 2.85. The van der Waals surface area contributed by atoms with Crippen molar-refractivity contribution in [1.29, 1.82) is 0 Å². The zero-order chi connectivity index (χ0) is 14.0. The molecule has 6 heteroatoms. The highest BCUT2D eigenvalue weighted by molar-refractivity contribution is 5.56. The standard InChI is InChI=1S/C13H17F3N2O/c14-13(15,16)11-1-2-12(10(5-11)6-17)18-4-3-9(7-18)8-19/h1-2,5,9,19H,3-4,6-8,17H2. The lowest BCUT2D eigenvalue weighted by Gasteiger charge is -2.22. The van der Waals surface area contributed by atoms with Crippen molar-refractivity contribution in [2.45, 2.75) is 19.1 Å². The molecule has 0 radical (unpaired) electrons. The van der Waals surface area contributed by atoms with Crippen LogP contribution in [0, 0.1) is 5.92 Å². The molecule has 1 aromatic carbocycles. The van der Waals surface area contributed by atoms with Gasteiger partial charge in [0.2, 0.25) is 0 Å². The summed E-state index contributed by atoms with van der Waals surface area (Å²) in [6.07, 6.45) is -3.50. The van der Waals surface area contributed by atoms with E-state index in [1.54, 1.807) is 0 Å². The van der Waals surface area contributed by atoms with Gasteiger partial charge in [0.15, 0.2) is 0 Å². The maximum atomic E-state index is 12.6. The number of hydrogen-bond acceptors (Lipinski definition) is 3. The smallest absolute Gasteiger partial charge is 0.396 e. The molecule has 1 aliphatic heterocycles. The Morgan fingerprint density at radius 3 is 2.63 bits per heavy atom. The van der Waals surface area contributed by atoms with E-state index in [2.05, 4.69) is 0 Å². The molecule has 1 heterocycles. The summed E-state index contributed by atoms with van der Waals surface area (Å²) in [7, 11) is 0. The normalized spacial score (nSPS) is 20.1. The van der Waals surface area contributed by atoms with E-state index >= 15 is 0 Å². The van der Waals surface area contributed by atoms with Crippen molar-refractivity contribution in [2.24, 2.45) is 11.7 Å². The summed E-state index contributed by atoms with van der Waals surface area (Å²) < 4.78 is 37.9. The van der Waals surface area contributed by atoms with Gasteiger partial charge in [0.25, 0.3) is 0 Å². The molecule has 3 N–H and O–H groups in total. The Bertz CT molecular complexity index is 448. The molecule has 0 spiro atoms. The highest BCUT2D eigenvalue weighted by Gasteiger charge is 2.32. The molecule has 0 aliphatic carbocycles. The van der Waals surface area contributed by atoms with Crippen LogP contribution in [0.15, 0.2) is 18.2 Å². The van der Waals surface area contributed by atoms with E-state index in [1.165, 1.54) is 6.07 Å². The number of benzene rings is 1. The van der Waals surface area contributed by atoms with Crippen LogP contribution in [-0.4, -0.2) is 24.8 Å². The molecule has 1 aromatic rings. The van der Waals surface area contributed by atoms with Crippen LogP contribution in [0.2, 0.25) is 0 Å². The van der Waals surface area contributed by atoms with E-state index in [0.717, 1.165) is 30.8 Å². The molecule has 1 aliphatic rings. The molecule has 0 saturated carbocycles. The van der Waals surface area contributed by atoms with Gasteiger partial charge in [-0.2, -0.15) is 13.2 Å². The summed E-state index contributed by atoms with van der Waals surface area (Å²) in [6.45, 7) is 1.58. The Morgan fingerprint density at radius 2 is 2.11 bits per heavy atom. The molecule has 0 aromatic heterocycles. The number of rotatable bonds is 3. The fourth-order valence-corrected chi connectivity index (χ4v) is 2.43. The predicted molar refractivity (Wildman–Crippen MR) is 66.7 cm³/mol. The maximum Gasteiger partial charge on any atom is 0.416 e. The van der Waals surface area contributed by atoms with Crippen molar-refractivity contribution < 1.29 is 18.3 Å². The minimum atomic E-state index is -4.35. The highest BCUT2D eigenvalue weighted by Crippen LogP contribution is 2.34. The van der Waals surface area contributed by atoms with Crippen molar-refractivity contribution in [3.63, 3.8) is 0 Å². The fourth-order valence-electron chi connectivity index (χ4n) is 2.43. The van der Waals surface area contributed by atoms with Crippen LogP contribution in [0.3, 0.4) is 0 Å². The Hall–Kier alpha value is -1.27. The lowest BCUT2D eigenvalue weighted by molar-refractivity contribution is -0.137. The maximum absolute atomic E-state index is 12.6. The third kappa shape index (κ3) is 3.01. The minimum Gasteiger partial charge on any atom is -0.396 e. The van der Waals surface area contributed by atoms with E-state index < -0.39 is 11.7 Å². The van der Waals surface area contributed by atoms with Crippen LogP contribution in [-0.2, 0) is 12.7 Å². The summed E-state index contributed by atoms with van der Waals surface area (Å²) in [6, 6.07) is 3.67. The molecule has 1 unspecified atom stereocenters. The second-order valence-corrected chi connectivity index (χ2v) is 4.83. The first-order chi connectivity index (χ1) is 8.95. The van der Waals surface area contributed by atoms with Crippen molar-refractivity contribution in [1.82, 2.24) is 0 Å². The van der Waals surface area contributed by atoms with Crippen LogP contribution in [0.5, 0.6) is 0 Å². The van der Waals surface area contributed by atoms with E-state index in [-0.39, 0.29) is 19.1 Å². The summed E-state index contributed by atoms with van der Waals surface area (Å²) in [4.78, 5) is 1.99. The van der Waals surface area contributed by atoms with Crippen molar-refractivity contribution in [2.75, 3.05) is 24.6 Å². The Morgan fingerprint density at radius 1 is 1.37 bits per heavy atom. The van der Waals surface area contributed by atoms with Gasteiger partial charge < -0.3 is 15.7 Å². The number of nitrogens with two attached hydrogens (primary N) is 1. The molecular weight excluding hydrogens is 257 g/mol. The van der Waals surface area contributed by atoms with E-state index in [1.807, 2.05) is 4.90 Å². The molecule has 0 amide bonds. The van der Waals surface area contributed by atoms with Gasteiger partial charge in [-0.1, -0.05) is 0 Å². The summed E-state index contributed by atoms with van der Waals surface area (Å²) in [5.41, 5.74) is 6.12. The van der Waals surface area contributed by atoms with Gasteiger partial charge in [-0.05, 0) is 30.2 Å². The van der Waals surface area contributed by atoms with Crippen molar-refractivity contribution >= 4 is 5.69 Å². The van der Waals surface area contributed by atoms with Gasteiger partial charge in [-0.15, -0.1) is 0 Å². The van der Waals surface area contributed by atoms with Crippen LogP contribution >= 0.6 is 0 Å². The van der Waals surface area contributed by atoms with Gasteiger partial charge in [-0.25, -0.2) is 0 Å². The first-order valence-corrected chi connectivity index (χ1v) is 6.21. The molecule has 106 valence electrons. The average molecular weight is 274 g/mol. The van der Waals surface area contributed by atoms with Gasteiger partial charge >= 0.3 is 6.18 Å². The second kappa shape index (κ2) is 5.38. The zero-order valence-electron chi connectivity index (χ0n) is 10.5. The fraction of sp³-hybridized carbons (Fsp3) is 0.538. The third-order valence-corrected chi connectivity index (χ3v) is 3.51. The zero-order valence-corrected chi connectivity index (χ0v) is 10.5. The number of aliphatic hydroxyl groups is 1. The number of alkyl halides is 3. The van der Waals surface area contributed by atoms with Gasteiger partial charge in [-0.3, -0.25) is 0 Å². The third-order valence-electron chi connectivity index (χ3n) is 3.51. The second-order valence-electron chi connectivity index (χ2n) is 4.83. The van der Waals surface area contributed by atoms with Gasteiger partial charge in [0.05, 0.1) is 5.56 Å². The van der Waals surface area contributed by atoms with E-state index in [4.69, 9.17) is 10.8 Å². The minimum absolute atomic E-state index is 0.0690.